The lowest BCUT2D eigenvalue weighted by molar-refractivity contribution is -0.144. The molecule has 0 spiro atoms. The van der Waals surface area contributed by atoms with E-state index in [2.05, 4.69) is 19.2 Å². The zero-order valence-electron chi connectivity index (χ0n) is 17.9. The van der Waals surface area contributed by atoms with E-state index in [9.17, 15) is 9.59 Å². The maximum absolute atomic E-state index is 13.3. The van der Waals surface area contributed by atoms with E-state index in [4.69, 9.17) is 4.74 Å². The van der Waals surface area contributed by atoms with Crippen LogP contribution in [0.2, 0.25) is 0 Å². The third-order valence-electron chi connectivity index (χ3n) is 6.45. The SMILES string of the molecule is CC1=C(C(=O)OC2CCCC2)[C@@H](c2ccc(C)cc2)C2=C(CC(C)(C)CC2=O)N1. The van der Waals surface area contributed by atoms with Crippen LogP contribution < -0.4 is 5.32 Å². The minimum atomic E-state index is -0.357. The molecule has 2 aliphatic carbocycles. The summed E-state index contributed by atoms with van der Waals surface area (Å²) in [7, 11) is 0. The van der Waals surface area contributed by atoms with Crippen LogP contribution in [0.15, 0.2) is 46.8 Å². The van der Waals surface area contributed by atoms with E-state index in [0.29, 0.717) is 12.0 Å². The van der Waals surface area contributed by atoms with Crippen LogP contribution in [-0.4, -0.2) is 17.9 Å². The van der Waals surface area contributed by atoms with Gasteiger partial charge in [0, 0.05) is 29.3 Å². The molecule has 0 amide bonds. The van der Waals surface area contributed by atoms with Crippen LogP contribution in [0.4, 0.5) is 0 Å². The van der Waals surface area contributed by atoms with Gasteiger partial charge in [-0.05, 0) is 56.9 Å². The van der Waals surface area contributed by atoms with Crippen LogP contribution in [0, 0.1) is 12.3 Å². The number of dihydropyridines is 1. The Morgan fingerprint density at radius 1 is 1.07 bits per heavy atom. The molecule has 1 aromatic rings. The molecule has 0 aromatic heterocycles. The molecule has 4 nitrogen and oxygen atoms in total. The molecule has 1 heterocycles. The Bertz CT molecular complexity index is 899. The van der Waals surface area contributed by atoms with Crippen LogP contribution in [-0.2, 0) is 14.3 Å². The van der Waals surface area contributed by atoms with Gasteiger partial charge in [-0.3, -0.25) is 4.79 Å². The first-order valence-electron chi connectivity index (χ1n) is 10.8. The normalized spacial score (nSPS) is 24.4. The predicted molar refractivity (Wildman–Crippen MR) is 113 cm³/mol. The number of rotatable bonds is 3. The molecule has 0 saturated heterocycles. The topological polar surface area (TPSA) is 55.4 Å². The molecule has 1 saturated carbocycles. The molecular weight excluding hydrogens is 362 g/mol. The third kappa shape index (κ3) is 3.90. The molecule has 1 aliphatic heterocycles. The molecule has 0 radical (unpaired) electrons. The quantitative estimate of drug-likeness (QED) is 0.727. The Morgan fingerprint density at radius 3 is 2.38 bits per heavy atom. The number of Topliss-reactive ketones (excluding diaryl/α,β-unsaturated/α-hetero) is 1. The fraction of sp³-hybridized carbons (Fsp3) is 0.520. The van der Waals surface area contributed by atoms with Crippen molar-refractivity contribution in [2.45, 2.75) is 78.2 Å². The summed E-state index contributed by atoms with van der Waals surface area (Å²) in [6.45, 7) is 8.23. The summed E-state index contributed by atoms with van der Waals surface area (Å²) in [6, 6.07) is 8.17. The second kappa shape index (κ2) is 7.47. The second-order valence-corrected chi connectivity index (χ2v) is 9.65. The molecule has 0 unspecified atom stereocenters. The minimum Gasteiger partial charge on any atom is -0.459 e. The van der Waals surface area contributed by atoms with Gasteiger partial charge in [0.25, 0.3) is 0 Å². The fourth-order valence-electron chi connectivity index (χ4n) is 5.02. The predicted octanol–water partition coefficient (Wildman–Crippen LogP) is 5.08. The Kier molecular flexibility index (Phi) is 5.14. The van der Waals surface area contributed by atoms with Crippen molar-refractivity contribution in [2.75, 3.05) is 0 Å². The number of allylic oxidation sites excluding steroid dienone is 3. The lowest BCUT2D eigenvalue weighted by Crippen LogP contribution is -2.39. The van der Waals surface area contributed by atoms with Crippen LogP contribution >= 0.6 is 0 Å². The maximum atomic E-state index is 13.3. The van der Waals surface area contributed by atoms with E-state index in [1.165, 1.54) is 0 Å². The van der Waals surface area contributed by atoms with Crippen LogP contribution in [0.1, 0.15) is 76.3 Å². The number of carbonyl (C=O) groups excluding carboxylic acids is 2. The van der Waals surface area contributed by atoms with Crippen molar-refractivity contribution >= 4 is 11.8 Å². The third-order valence-corrected chi connectivity index (χ3v) is 6.45. The van der Waals surface area contributed by atoms with Crippen molar-refractivity contribution in [3.8, 4) is 0 Å². The number of carbonyl (C=O) groups is 2. The summed E-state index contributed by atoms with van der Waals surface area (Å²) in [5, 5.41) is 3.41. The standard InChI is InChI=1S/C25H31NO3/c1-15-9-11-17(12-10-15)22-21(24(28)29-18-7-5-6-8-18)16(2)26-19-13-25(3,4)14-20(27)23(19)22/h9-12,18,22,26H,5-8,13-14H2,1-4H3/t22-/m1/s1. The molecule has 4 rings (SSSR count). The van der Waals surface area contributed by atoms with Gasteiger partial charge in [-0.25, -0.2) is 4.79 Å². The highest BCUT2D eigenvalue weighted by Crippen LogP contribution is 2.47. The number of ether oxygens (including phenoxy) is 1. The monoisotopic (exact) mass is 393 g/mol. The van der Waals surface area contributed by atoms with Crippen molar-refractivity contribution in [3.63, 3.8) is 0 Å². The van der Waals surface area contributed by atoms with Gasteiger partial charge in [0.05, 0.1) is 5.57 Å². The van der Waals surface area contributed by atoms with E-state index in [1.807, 2.05) is 38.1 Å². The van der Waals surface area contributed by atoms with Crippen LogP contribution in [0.25, 0.3) is 0 Å². The van der Waals surface area contributed by atoms with Gasteiger partial charge in [0.1, 0.15) is 6.10 Å². The van der Waals surface area contributed by atoms with E-state index in [1.54, 1.807) is 0 Å². The number of ketones is 1. The van der Waals surface area contributed by atoms with Crippen molar-refractivity contribution in [2.24, 2.45) is 5.41 Å². The number of esters is 1. The first-order valence-corrected chi connectivity index (χ1v) is 10.8. The molecule has 1 N–H and O–H groups in total. The fourth-order valence-corrected chi connectivity index (χ4v) is 5.02. The van der Waals surface area contributed by atoms with E-state index in [-0.39, 0.29) is 29.2 Å². The van der Waals surface area contributed by atoms with E-state index < -0.39 is 0 Å². The largest absolute Gasteiger partial charge is 0.459 e. The number of benzene rings is 1. The molecule has 3 aliphatic rings. The number of hydrogen-bond donors (Lipinski definition) is 1. The summed E-state index contributed by atoms with van der Waals surface area (Å²) in [5.74, 6) is -0.506. The first kappa shape index (κ1) is 19.9. The highest BCUT2D eigenvalue weighted by Gasteiger charge is 2.43. The lowest BCUT2D eigenvalue weighted by atomic mass is 9.68. The molecule has 1 aromatic carbocycles. The summed E-state index contributed by atoms with van der Waals surface area (Å²) < 4.78 is 5.88. The van der Waals surface area contributed by atoms with Crippen molar-refractivity contribution < 1.29 is 14.3 Å². The van der Waals surface area contributed by atoms with Gasteiger partial charge in [0.15, 0.2) is 5.78 Å². The number of hydrogen-bond acceptors (Lipinski definition) is 4. The minimum absolute atomic E-state index is 0.00200. The Balaban J connectivity index is 1.78. The Labute approximate surface area is 173 Å². The Hall–Kier alpha value is -2.36. The zero-order chi connectivity index (χ0) is 20.8. The van der Waals surface area contributed by atoms with Gasteiger partial charge >= 0.3 is 5.97 Å². The van der Waals surface area contributed by atoms with E-state index >= 15 is 0 Å². The molecule has 29 heavy (non-hydrogen) atoms. The molecule has 1 fully saturated rings. The summed E-state index contributed by atoms with van der Waals surface area (Å²) in [4.78, 5) is 26.5. The molecule has 154 valence electrons. The summed E-state index contributed by atoms with van der Waals surface area (Å²) in [5.41, 5.74) is 5.17. The number of nitrogens with one attached hydrogen (secondary N) is 1. The van der Waals surface area contributed by atoms with Crippen molar-refractivity contribution in [3.05, 3.63) is 57.9 Å². The van der Waals surface area contributed by atoms with Crippen molar-refractivity contribution in [1.82, 2.24) is 5.32 Å². The first-order chi connectivity index (χ1) is 13.7. The van der Waals surface area contributed by atoms with E-state index in [0.717, 1.165) is 60.2 Å². The molecule has 1 atom stereocenters. The highest BCUT2D eigenvalue weighted by atomic mass is 16.5. The van der Waals surface area contributed by atoms with Gasteiger partial charge in [-0.1, -0.05) is 43.7 Å². The zero-order valence-corrected chi connectivity index (χ0v) is 17.9. The molecular formula is C25H31NO3. The summed E-state index contributed by atoms with van der Waals surface area (Å²) in [6.07, 6.45) is 5.39. The molecule has 0 bridgehead atoms. The average Bonchev–Trinajstić information content (AvgIpc) is 3.13. The Morgan fingerprint density at radius 2 is 1.72 bits per heavy atom. The second-order valence-electron chi connectivity index (χ2n) is 9.65. The van der Waals surface area contributed by atoms with Crippen LogP contribution in [0.5, 0.6) is 0 Å². The van der Waals surface area contributed by atoms with Crippen molar-refractivity contribution in [1.29, 1.82) is 0 Å². The lowest BCUT2D eigenvalue weighted by Gasteiger charge is -2.39. The smallest absolute Gasteiger partial charge is 0.337 e. The average molecular weight is 394 g/mol. The number of aryl methyl sites for hydroxylation is 1. The van der Waals surface area contributed by atoms with Gasteiger partial charge in [0.2, 0.25) is 0 Å². The molecule has 4 heteroatoms. The van der Waals surface area contributed by atoms with Crippen LogP contribution in [0.3, 0.4) is 0 Å². The van der Waals surface area contributed by atoms with Gasteiger partial charge < -0.3 is 10.1 Å². The maximum Gasteiger partial charge on any atom is 0.337 e. The highest BCUT2D eigenvalue weighted by molar-refractivity contribution is 6.04. The summed E-state index contributed by atoms with van der Waals surface area (Å²) >= 11 is 0. The van der Waals surface area contributed by atoms with Gasteiger partial charge in [-0.15, -0.1) is 0 Å². The van der Waals surface area contributed by atoms with Gasteiger partial charge in [-0.2, -0.15) is 0 Å².